The molecule has 0 fully saturated rings. The normalized spacial score (nSPS) is 12.2. The lowest BCUT2D eigenvalue weighted by Crippen LogP contribution is -2.27. The highest BCUT2D eigenvalue weighted by atomic mass is 31.2. The fourth-order valence-corrected chi connectivity index (χ4v) is 14.7. The molecule has 13 aromatic carbocycles. The maximum atomic E-state index is 17.9. The van der Waals surface area contributed by atoms with E-state index >= 15 is 4.57 Å². The maximum absolute atomic E-state index is 17.9. The van der Waals surface area contributed by atoms with Crippen LogP contribution in [0.2, 0.25) is 0 Å². The van der Waals surface area contributed by atoms with Crippen molar-refractivity contribution in [1.82, 2.24) is 19.9 Å². The van der Waals surface area contributed by atoms with Crippen LogP contribution in [0.1, 0.15) is 0 Å². The van der Waals surface area contributed by atoms with E-state index in [4.69, 9.17) is 19.9 Å². The molecule has 0 N–H and O–H groups in total. The van der Waals surface area contributed by atoms with Crippen molar-refractivity contribution in [2.24, 2.45) is 0 Å². The molecule has 15 rings (SSSR count). The summed E-state index contributed by atoms with van der Waals surface area (Å²) in [5.41, 5.74) is 9.38. The van der Waals surface area contributed by atoms with Crippen LogP contribution < -0.4 is 15.9 Å². The molecule has 0 aliphatic carbocycles. The fourth-order valence-electron chi connectivity index (χ4n) is 11.6. The van der Waals surface area contributed by atoms with Gasteiger partial charge >= 0.3 is 0 Å². The lowest BCUT2D eigenvalue weighted by atomic mass is 9.92. The van der Waals surface area contributed by atoms with E-state index in [1.165, 1.54) is 0 Å². The molecule has 0 saturated carbocycles. The Morgan fingerprint density at radius 1 is 0.278 bits per heavy atom. The van der Waals surface area contributed by atoms with Crippen molar-refractivity contribution in [2.45, 2.75) is 0 Å². The van der Waals surface area contributed by atoms with E-state index < -0.39 is 7.14 Å². The molecule has 72 heavy (non-hydrogen) atoms. The first kappa shape index (κ1) is 40.7. The smallest absolute Gasteiger partial charge is 0.172 e. The molecule has 2 aromatic heterocycles. The summed E-state index contributed by atoms with van der Waals surface area (Å²) in [6.45, 7) is 0. The highest BCUT2D eigenvalue weighted by Gasteiger charge is 2.36. The van der Waals surface area contributed by atoms with Gasteiger partial charge in [-0.05, 0) is 102 Å². The molecule has 0 saturated heterocycles. The summed E-state index contributed by atoms with van der Waals surface area (Å²) in [5.74, 6) is 1.35. The van der Waals surface area contributed by atoms with E-state index in [9.17, 15) is 0 Å². The average molecular weight is 935 g/mol. The van der Waals surface area contributed by atoms with Gasteiger partial charge in [0.15, 0.2) is 18.8 Å². The standard InChI is InChI=1S/C66H39N4OP/c71-72(44-24-8-3-9-25-44,59-38-53(42-16-4-1-5-17-42)47-30-34-55-63-57(36-32-51(59)61(47)63)69-65(67-55)49-28-14-22-40-20-10-12-26-45(40)49)60-39-54(43-18-6-2-7-19-43)48-31-35-56-64-58(37-33-52(60)62(48)64)70-66(68-56)50-29-15-23-41-21-11-13-27-46(41)50/h1-39H. The molecule has 0 aliphatic rings. The predicted molar refractivity (Wildman–Crippen MR) is 301 cm³/mol. The molecule has 0 bridgehead atoms. The summed E-state index contributed by atoms with van der Waals surface area (Å²) in [5, 5.41) is 14.6. The second-order valence-electron chi connectivity index (χ2n) is 18.7. The summed E-state index contributed by atoms with van der Waals surface area (Å²) in [6, 6.07) is 82.1. The molecule has 0 amide bonds. The third kappa shape index (κ3) is 5.98. The van der Waals surface area contributed by atoms with Crippen LogP contribution in [-0.2, 0) is 4.57 Å². The summed E-state index contributed by atoms with van der Waals surface area (Å²) in [4.78, 5) is 21.4. The van der Waals surface area contributed by atoms with Crippen LogP contribution in [0.3, 0.4) is 0 Å². The first-order valence-corrected chi connectivity index (χ1v) is 26.0. The Bertz CT molecular complexity index is 4390. The van der Waals surface area contributed by atoms with Crippen LogP contribution in [0.25, 0.3) is 132 Å². The van der Waals surface area contributed by atoms with Gasteiger partial charge in [0.1, 0.15) is 0 Å². The largest absolute Gasteiger partial charge is 0.309 e. The van der Waals surface area contributed by atoms with E-state index in [0.29, 0.717) is 11.6 Å². The summed E-state index contributed by atoms with van der Waals surface area (Å²) in [7, 11) is -3.84. The average Bonchev–Trinajstić information content (AvgIpc) is 3.45. The highest BCUT2D eigenvalue weighted by molar-refractivity contribution is 7.86. The van der Waals surface area contributed by atoms with Gasteiger partial charge in [-0.15, -0.1) is 0 Å². The lowest BCUT2D eigenvalue weighted by Gasteiger charge is -2.27. The van der Waals surface area contributed by atoms with E-state index in [0.717, 1.165) is 136 Å². The van der Waals surface area contributed by atoms with Crippen LogP contribution in [0, 0.1) is 0 Å². The Labute approximate surface area is 413 Å². The lowest BCUT2D eigenvalue weighted by molar-refractivity contribution is 0.593. The quantitative estimate of drug-likeness (QED) is 0.118. The summed E-state index contributed by atoms with van der Waals surface area (Å²) in [6.07, 6.45) is 0. The maximum Gasteiger partial charge on any atom is 0.172 e. The van der Waals surface area contributed by atoms with Crippen LogP contribution in [-0.4, -0.2) is 19.9 Å². The third-order valence-electron chi connectivity index (χ3n) is 14.9. The van der Waals surface area contributed by atoms with Crippen molar-refractivity contribution in [2.75, 3.05) is 0 Å². The van der Waals surface area contributed by atoms with E-state index in [1.54, 1.807) is 0 Å². The highest BCUT2D eigenvalue weighted by Crippen LogP contribution is 2.52. The monoisotopic (exact) mass is 934 g/mol. The van der Waals surface area contributed by atoms with Crippen LogP contribution in [0.5, 0.6) is 0 Å². The molecule has 6 heteroatoms. The summed E-state index contributed by atoms with van der Waals surface area (Å²) < 4.78 is 17.9. The Morgan fingerprint density at radius 3 is 1.07 bits per heavy atom. The molecule has 5 nitrogen and oxygen atoms in total. The number of rotatable bonds is 7. The first-order valence-electron chi connectivity index (χ1n) is 24.3. The molecule has 0 radical (unpaired) electrons. The minimum Gasteiger partial charge on any atom is -0.309 e. The molecular formula is C66H39N4OP. The molecule has 0 spiro atoms. The van der Waals surface area contributed by atoms with Crippen molar-refractivity contribution >= 4 is 110 Å². The topological polar surface area (TPSA) is 68.6 Å². The van der Waals surface area contributed by atoms with Gasteiger partial charge in [0.2, 0.25) is 0 Å². The summed E-state index contributed by atoms with van der Waals surface area (Å²) >= 11 is 0. The van der Waals surface area contributed by atoms with Gasteiger partial charge in [0.05, 0.1) is 22.1 Å². The van der Waals surface area contributed by atoms with E-state index in [2.05, 4.69) is 194 Å². The van der Waals surface area contributed by atoms with Gasteiger partial charge in [-0.2, -0.15) is 0 Å². The molecule has 334 valence electrons. The number of hydrogen-bond acceptors (Lipinski definition) is 5. The first-order chi connectivity index (χ1) is 35.6. The number of benzene rings is 13. The van der Waals surface area contributed by atoms with Gasteiger partial charge in [0, 0.05) is 48.6 Å². The van der Waals surface area contributed by atoms with Crippen molar-refractivity contribution in [3.63, 3.8) is 0 Å². The molecule has 2 heterocycles. The van der Waals surface area contributed by atoms with Gasteiger partial charge in [-0.3, -0.25) is 0 Å². The van der Waals surface area contributed by atoms with Gasteiger partial charge in [0.25, 0.3) is 0 Å². The van der Waals surface area contributed by atoms with Crippen molar-refractivity contribution in [1.29, 1.82) is 0 Å². The Hall–Kier alpha value is -9.15. The number of fused-ring (bicyclic) bond motifs is 2. The van der Waals surface area contributed by atoms with Crippen LogP contribution in [0.15, 0.2) is 237 Å². The van der Waals surface area contributed by atoms with Crippen molar-refractivity contribution in [3.05, 3.63) is 237 Å². The Balaban J connectivity index is 1.06. The minimum absolute atomic E-state index is 0.673. The molecule has 15 aromatic rings. The second-order valence-corrected chi connectivity index (χ2v) is 21.4. The van der Waals surface area contributed by atoms with Crippen molar-refractivity contribution in [3.8, 4) is 45.0 Å². The molecular weight excluding hydrogens is 896 g/mol. The third-order valence-corrected chi connectivity index (χ3v) is 18.0. The fraction of sp³-hybridized carbons (Fsp3) is 0. The zero-order valence-corrected chi connectivity index (χ0v) is 39.6. The van der Waals surface area contributed by atoms with Gasteiger partial charge < -0.3 is 4.57 Å². The SMILES string of the molecule is O=P(c1ccccc1)(c1cc(-c2ccccc2)c2ccc3nc(-c4cccc5ccccc45)nc4ccc1c2c34)c1cc(-c2ccccc2)c2ccc3nc(-c4cccc5ccccc45)nc4ccc1c2c34. The van der Waals surface area contributed by atoms with Crippen LogP contribution in [0.4, 0.5) is 0 Å². The van der Waals surface area contributed by atoms with Crippen LogP contribution >= 0.6 is 7.14 Å². The van der Waals surface area contributed by atoms with Gasteiger partial charge in [-0.25, -0.2) is 19.9 Å². The zero-order chi connectivity index (χ0) is 47.5. The van der Waals surface area contributed by atoms with Gasteiger partial charge in [-0.1, -0.05) is 200 Å². The zero-order valence-electron chi connectivity index (χ0n) is 38.7. The Kier molecular flexibility index (Phi) is 8.87. The van der Waals surface area contributed by atoms with Crippen molar-refractivity contribution < 1.29 is 4.57 Å². The molecule has 0 aliphatic heterocycles. The van der Waals surface area contributed by atoms with E-state index in [1.807, 2.05) is 42.5 Å². The Morgan fingerprint density at radius 2 is 0.639 bits per heavy atom. The number of aromatic nitrogens is 4. The number of nitrogens with zero attached hydrogens (tertiary/aromatic N) is 4. The van der Waals surface area contributed by atoms with E-state index in [-0.39, 0.29) is 0 Å². The predicted octanol–water partition coefficient (Wildman–Crippen LogP) is 15.7. The molecule has 0 unspecified atom stereocenters. The number of hydrogen-bond donors (Lipinski definition) is 0. The molecule has 0 atom stereocenters. The minimum atomic E-state index is -3.84. The second kappa shape index (κ2) is 15.7.